The molecule has 7 atom stereocenters. The predicted octanol–water partition coefficient (Wildman–Crippen LogP) is 3.98. The van der Waals surface area contributed by atoms with E-state index in [9.17, 15) is 23.7 Å². The summed E-state index contributed by atoms with van der Waals surface area (Å²) < 4.78 is 70.5. The van der Waals surface area contributed by atoms with Crippen LogP contribution in [0.15, 0.2) is 117 Å². The van der Waals surface area contributed by atoms with E-state index in [1.165, 1.54) is 37.6 Å². The van der Waals surface area contributed by atoms with Crippen LogP contribution in [0.5, 0.6) is 11.5 Å². The second-order valence-corrected chi connectivity index (χ2v) is 16.3. The number of methoxy groups -OCH3 is 3. The van der Waals surface area contributed by atoms with Crippen LogP contribution in [-0.2, 0) is 42.9 Å². The summed E-state index contributed by atoms with van der Waals surface area (Å²) in [4.78, 5) is 54.2. The van der Waals surface area contributed by atoms with E-state index in [1.807, 2.05) is 78.9 Å². The van der Waals surface area contributed by atoms with Crippen molar-refractivity contribution in [3.8, 4) is 11.5 Å². The third-order valence-corrected chi connectivity index (χ3v) is 12.2. The monoisotopic (exact) mass is 861 g/mol. The van der Waals surface area contributed by atoms with Gasteiger partial charge in [0.25, 0.3) is 11.1 Å². The molecule has 2 saturated heterocycles. The van der Waals surface area contributed by atoms with E-state index in [0.29, 0.717) is 11.5 Å². The zero-order valence-electron chi connectivity index (χ0n) is 34.0. The summed E-state index contributed by atoms with van der Waals surface area (Å²) in [5, 5.41) is 0. The summed E-state index contributed by atoms with van der Waals surface area (Å²) in [7, 11) is 1.60. The van der Waals surface area contributed by atoms with Gasteiger partial charge in [-0.15, -0.1) is 0 Å². The van der Waals surface area contributed by atoms with E-state index in [2.05, 4.69) is 9.97 Å². The summed E-state index contributed by atoms with van der Waals surface area (Å²) in [6.07, 6.45) is -2.45. The van der Waals surface area contributed by atoms with Crippen LogP contribution < -0.4 is 32.0 Å². The molecule has 4 heterocycles. The average Bonchev–Trinajstić information content (AvgIpc) is 3.88. The van der Waals surface area contributed by atoms with Crippen LogP contribution in [-0.4, -0.2) is 85.1 Å². The lowest BCUT2D eigenvalue weighted by atomic mass is 9.80. The minimum absolute atomic E-state index is 0.0226. The van der Waals surface area contributed by atoms with Crippen LogP contribution in [0.25, 0.3) is 0 Å². The number of benzene rings is 3. The number of aromatic nitrogens is 4. The summed E-state index contributed by atoms with van der Waals surface area (Å²) in [6, 6.07) is 25.6. The fourth-order valence-electron chi connectivity index (χ4n) is 7.36. The van der Waals surface area contributed by atoms with Crippen molar-refractivity contribution in [3.63, 3.8) is 0 Å². The Labute approximate surface area is 349 Å². The summed E-state index contributed by atoms with van der Waals surface area (Å²) in [6.45, 7) is 1.38. The Hall–Kier alpha value is -5.43. The number of aromatic amines is 2. The Balaban J connectivity index is 1.20. The molecular formula is C42H46N4O14P. The Morgan fingerprint density at radius 2 is 1.41 bits per heavy atom. The van der Waals surface area contributed by atoms with Gasteiger partial charge in [0.1, 0.15) is 41.6 Å². The number of H-pyrrole nitrogens is 2. The lowest BCUT2D eigenvalue weighted by Crippen LogP contribution is -2.38. The van der Waals surface area contributed by atoms with E-state index in [1.54, 1.807) is 21.1 Å². The van der Waals surface area contributed by atoms with Gasteiger partial charge in [0.15, 0.2) is 18.9 Å². The number of hydrogen-bond acceptors (Lipinski definition) is 14. The quantitative estimate of drug-likeness (QED) is 0.100. The van der Waals surface area contributed by atoms with Crippen LogP contribution in [0.1, 0.15) is 41.1 Å². The minimum atomic E-state index is -4.17. The third kappa shape index (κ3) is 9.27. The molecule has 1 radical (unpaired) electrons. The molecule has 323 valence electrons. The SMILES string of the molecule is COc1ccc(C(OC[C@H]2O[C@@H](n3cc(C)c(=O)[nH]c3=O)C[C@@H]2OP(=O)(CO[C@@H]2[CH][C@@H](OC)[C@H](n3ccc(=O)[nH]c3=O)O2)OC)(c2ccccc2)c2ccc(OC)cc2)cc1. The molecule has 19 heteroatoms. The first kappa shape index (κ1) is 43.7. The molecule has 61 heavy (non-hydrogen) atoms. The van der Waals surface area contributed by atoms with Gasteiger partial charge < -0.3 is 42.2 Å². The van der Waals surface area contributed by atoms with Crippen molar-refractivity contribution in [3.05, 3.63) is 168 Å². The molecule has 0 spiro atoms. The topological polar surface area (TPSA) is 210 Å². The lowest BCUT2D eigenvalue weighted by molar-refractivity contribution is -0.144. The number of nitrogens with one attached hydrogen (secondary N) is 2. The summed E-state index contributed by atoms with van der Waals surface area (Å²) >= 11 is 0. The molecule has 0 bridgehead atoms. The second kappa shape index (κ2) is 18.7. The summed E-state index contributed by atoms with van der Waals surface area (Å²) in [5.41, 5.74) is -1.33. The number of rotatable bonds is 17. The van der Waals surface area contributed by atoms with E-state index >= 15 is 0 Å². The van der Waals surface area contributed by atoms with Crippen molar-refractivity contribution in [2.75, 3.05) is 41.4 Å². The van der Waals surface area contributed by atoms with Crippen LogP contribution >= 0.6 is 7.60 Å². The lowest BCUT2D eigenvalue weighted by Gasteiger charge is -2.37. The Bertz CT molecular complexity index is 2510. The predicted molar refractivity (Wildman–Crippen MR) is 219 cm³/mol. The van der Waals surface area contributed by atoms with E-state index in [4.69, 9.17) is 42.2 Å². The largest absolute Gasteiger partial charge is 0.497 e. The van der Waals surface area contributed by atoms with Crippen LogP contribution in [0.4, 0.5) is 0 Å². The first-order valence-corrected chi connectivity index (χ1v) is 20.9. The van der Waals surface area contributed by atoms with Crippen LogP contribution in [0, 0.1) is 13.3 Å². The van der Waals surface area contributed by atoms with E-state index in [0.717, 1.165) is 27.3 Å². The smallest absolute Gasteiger partial charge is 0.356 e. The van der Waals surface area contributed by atoms with Gasteiger partial charge in [-0.1, -0.05) is 54.6 Å². The first-order chi connectivity index (χ1) is 29.4. The molecule has 2 N–H and O–H groups in total. The fourth-order valence-corrected chi connectivity index (χ4v) is 8.58. The van der Waals surface area contributed by atoms with Crippen molar-refractivity contribution in [2.24, 2.45) is 0 Å². The Morgan fingerprint density at radius 1 is 0.787 bits per heavy atom. The number of ether oxygens (including phenoxy) is 7. The number of hydrogen-bond donors (Lipinski definition) is 2. The molecular weight excluding hydrogens is 815 g/mol. The molecule has 2 fully saturated rings. The van der Waals surface area contributed by atoms with E-state index < -0.39 is 79.1 Å². The zero-order valence-corrected chi connectivity index (χ0v) is 34.9. The fraction of sp³-hybridized carbons (Fsp3) is 0.357. The minimum Gasteiger partial charge on any atom is -0.497 e. The van der Waals surface area contributed by atoms with Gasteiger partial charge in [0.2, 0.25) is 0 Å². The van der Waals surface area contributed by atoms with E-state index in [-0.39, 0.29) is 18.6 Å². The van der Waals surface area contributed by atoms with Gasteiger partial charge >= 0.3 is 19.0 Å². The van der Waals surface area contributed by atoms with Crippen molar-refractivity contribution >= 4 is 7.60 Å². The van der Waals surface area contributed by atoms with Gasteiger partial charge in [-0.05, 0) is 47.9 Å². The molecule has 0 amide bonds. The van der Waals surface area contributed by atoms with Crippen LogP contribution in [0.2, 0.25) is 0 Å². The van der Waals surface area contributed by atoms with Gasteiger partial charge in [-0.2, -0.15) is 0 Å². The molecule has 0 saturated carbocycles. The molecule has 3 aromatic carbocycles. The van der Waals surface area contributed by atoms with Crippen molar-refractivity contribution in [1.29, 1.82) is 0 Å². The average molecular weight is 862 g/mol. The highest BCUT2D eigenvalue weighted by Crippen LogP contribution is 2.52. The molecule has 18 nitrogen and oxygen atoms in total. The second-order valence-electron chi connectivity index (χ2n) is 14.2. The molecule has 1 unspecified atom stereocenters. The van der Waals surface area contributed by atoms with Gasteiger partial charge in [0, 0.05) is 44.7 Å². The Morgan fingerprint density at radius 3 is 2.00 bits per heavy atom. The Kier molecular flexibility index (Phi) is 13.4. The third-order valence-electron chi connectivity index (χ3n) is 10.5. The van der Waals surface area contributed by atoms with Crippen molar-refractivity contribution in [1.82, 2.24) is 19.1 Å². The maximum absolute atomic E-state index is 14.4. The first-order valence-electron chi connectivity index (χ1n) is 19.2. The summed E-state index contributed by atoms with van der Waals surface area (Å²) in [5.74, 6) is 1.27. The van der Waals surface area contributed by atoms with Crippen molar-refractivity contribution in [2.45, 2.75) is 56.0 Å². The number of nitrogens with zero attached hydrogens (tertiary/aromatic N) is 2. The highest BCUT2D eigenvalue weighted by atomic mass is 31.2. The van der Waals surface area contributed by atoms with Gasteiger partial charge in [-0.25, -0.2) is 9.59 Å². The molecule has 2 aliphatic heterocycles. The van der Waals surface area contributed by atoms with Gasteiger partial charge in [0.05, 0.1) is 27.2 Å². The van der Waals surface area contributed by atoms with Crippen LogP contribution in [0.3, 0.4) is 0 Å². The zero-order chi connectivity index (χ0) is 43.3. The number of aryl methyl sites for hydroxylation is 1. The molecule has 7 rings (SSSR count). The molecule has 2 aliphatic rings. The molecule has 5 aromatic rings. The molecule has 0 aliphatic carbocycles. The standard InChI is InChI=1S/C42H46N4O14P/c1-26-23-46(41(50)44-38(26)48)36-21-32(60-61(51,55-5)25-56-37-22-33(54-4)39(59-37)45-20-19-35(47)43-40(45)49)34(58-36)24-57-42(27-9-7-6-8-10-27,28-11-15-30(52-2)16-12-28)29-13-17-31(53-3)18-14-29/h6-20,22-23,32-34,36-37,39H,21,24-25H2,1-5H3,(H,43,47,49)(H,44,48,50)/t32-,33+,34+,36+,37-,39+,61?/m0/s1. The van der Waals surface area contributed by atoms with Crippen molar-refractivity contribution < 1.29 is 46.8 Å². The highest BCUT2D eigenvalue weighted by Gasteiger charge is 2.46. The maximum Gasteiger partial charge on any atom is 0.356 e. The normalized spacial score (nSPS) is 22.5. The highest BCUT2D eigenvalue weighted by molar-refractivity contribution is 7.53. The molecule has 2 aromatic heterocycles. The van der Waals surface area contributed by atoms with Gasteiger partial charge in [-0.3, -0.25) is 33.3 Å². The maximum atomic E-state index is 14.4.